The first-order valence-corrected chi connectivity index (χ1v) is 11.1. The fraction of sp³-hybridized carbons (Fsp3) is 0.333. The van der Waals surface area contributed by atoms with Crippen molar-refractivity contribution in [2.24, 2.45) is 5.92 Å². The number of nitrogens with one attached hydrogen (secondary N) is 1. The van der Waals surface area contributed by atoms with Gasteiger partial charge in [-0.25, -0.2) is 0 Å². The molecule has 2 N–H and O–H groups in total. The summed E-state index contributed by atoms with van der Waals surface area (Å²) in [5.74, 6) is -0.0479. The number of aliphatic hydroxyl groups is 1. The molecule has 0 unspecified atom stereocenters. The number of carbonyl (C=O) groups excluding carboxylic acids is 1. The van der Waals surface area contributed by atoms with E-state index >= 15 is 0 Å². The number of benzene rings is 2. The van der Waals surface area contributed by atoms with Crippen LogP contribution in [0.1, 0.15) is 47.3 Å². The van der Waals surface area contributed by atoms with Crippen molar-refractivity contribution in [2.75, 3.05) is 6.54 Å². The largest absolute Gasteiger partial charge is 0.393 e. The highest BCUT2D eigenvalue weighted by atomic mass is 79.9. The van der Waals surface area contributed by atoms with Crippen molar-refractivity contribution in [1.82, 2.24) is 9.88 Å². The van der Waals surface area contributed by atoms with Crippen LogP contribution in [0.5, 0.6) is 0 Å². The van der Waals surface area contributed by atoms with Gasteiger partial charge in [0, 0.05) is 34.4 Å². The molecule has 1 aliphatic carbocycles. The van der Waals surface area contributed by atoms with Crippen LogP contribution in [0.3, 0.4) is 0 Å². The normalized spacial score (nSPS) is 18.8. The summed E-state index contributed by atoms with van der Waals surface area (Å²) in [6.45, 7) is 1.02. The van der Waals surface area contributed by atoms with Gasteiger partial charge in [0.2, 0.25) is 0 Å². The number of rotatable bonds is 5. The van der Waals surface area contributed by atoms with Gasteiger partial charge in [0.05, 0.1) is 17.7 Å². The van der Waals surface area contributed by atoms with Crippen LogP contribution >= 0.6 is 15.9 Å². The standard InChI is InChI=1S/C24H24BrN3O2/c25-20-6-3-4-17(11-20)15-28-21-9-8-16(13-26)10-19(21)12-22(28)24(30)27-14-18-5-1-2-7-23(18)29/h3-4,6,8-12,18,23,29H,1-2,5,7,14-15H2,(H,27,30)/t18-,23+/m0/s1. The van der Waals surface area contributed by atoms with E-state index in [0.717, 1.165) is 46.6 Å². The number of hydrogen-bond acceptors (Lipinski definition) is 3. The molecule has 2 aromatic carbocycles. The predicted molar refractivity (Wildman–Crippen MR) is 120 cm³/mol. The Morgan fingerprint density at radius 1 is 1.20 bits per heavy atom. The summed E-state index contributed by atoms with van der Waals surface area (Å²) in [6, 6.07) is 17.5. The lowest BCUT2D eigenvalue weighted by Gasteiger charge is -2.27. The van der Waals surface area contributed by atoms with Gasteiger partial charge in [-0.3, -0.25) is 4.79 Å². The summed E-state index contributed by atoms with van der Waals surface area (Å²) in [7, 11) is 0. The van der Waals surface area contributed by atoms with E-state index in [2.05, 4.69) is 27.3 Å². The molecule has 4 rings (SSSR count). The summed E-state index contributed by atoms with van der Waals surface area (Å²) >= 11 is 3.51. The van der Waals surface area contributed by atoms with Crippen molar-refractivity contribution < 1.29 is 9.90 Å². The number of fused-ring (bicyclic) bond motifs is 1. The van der Waals surface area contributed by atoms with Gasteiger partial charge in [-0.15, -0.1) is 0 Å². The minimum atomic E-state index is -0.343. The van der Waals surface area contributed by atoms with Crippen molar-refractivity contribution >= 4 is 32.7 Å². The molecule has 0 bridgehead atoms. The fourth-order valence-electron chi connectivity index (χ4n) is 4.26. The van der Waals surface area contributed by atoms with Crippen LogP contribution in [0.2, 0.25) is 0 Å². The maximum Gasteiger partial charge on any atom is 0.267 e. The second kappa shape index (κ2) is 9.03. The number of halogens is 1. The maximum absolute atomic E-state index is 13.1. The Balaban J connectivity index is 1.64. The third-order valence-electron chi connectivity index (χ3n) is 5.89. The summed E-state index contributed by atoms with van der Waals surface area (Å²) in [4.78, 5) is 13.1. The van der Waals surface area contributed by atoms with Crippen molar-refractivity contribution in [2.45, 2.75) is 38.3 Å². The highest BCUT2D eigenvalue weighted by Crippen LogP contribution is 2.26. The van der Waals surface area contributed by atoms with Crippen LogP contribution in [0.15, 0.2) is 53.0 Å². The van der Waals surface area contributed by atoms with Crippen LogP contribution < -0.4 is 5.32 Å². The van der Waals surface area contributed by atoms with Crippen LogP contribution in [0, 0.1) is 17.2 Å². The van der Waals surface area contributed by atoms with Crippen LogP contribution in [0.4, 0.5) is 0 Å². The third kappa shape index (κ3) is 4.43. The number of amides is 1. The zero-order valence-electron chi connectivity index (χ0n) is 16.6. The Labute approximate surface area is 184 Å². The molecule has 6 heteroatoms. The number of aromatic nitrogens is 1. The van der Waals surface area contributed by atoms with Crippen LogP contribution in [0.25, 0.3) is 10.9 Å². The quantitative estimate of drug-likeness (QED) is 0.577. The molecule has 0 saturated heterocycles. The number of nitrogens with zero attached hydrogens (tertiary/aromatic N) is 2. The molecule has 1 saturated carbocycles. The van der Waals surface area contributed by atoms with E-state index in [0.29, 0.717) is 24.3 Å². The first kappa shape index (κ1) is 20.6. The molecule has 154 valence electrons. The molecule has 5 nitrogen and oxygen atoms in total. The van der Waals surface area contributed by atoms with Gasteiger partial charge >= 0.3 is 0 Å². The summed E-state index contributed by atoms with van der Waals surface area (Å²) < 4.78 is 2.98. The highest BCUT2D eigenvalue weighted by molar-refractivity contribution is 9.10. The molecule has 1 amide bonds. The second-order valence-electron chi connectivity index (χ2n) is 7.95. The lowest BCUT2D eigenvalue weighted by Crippen LogP contribution is -2.37. The lowest BCUT2D eigenvalue weighted by molar-refractivity contribution is 0.0661. The Kier molecular flexibility index (Phi) is 6.21. The zero-order chi connectivity index (χ0) is 21.1. The molecule has 2 atom stereocenters. The molecule has 0 radical (unpaired) electrons. The monoisotopic (exact) mass is 465 g/mol. The number of aliphatic hydroxyl groups excluding tert-OH is 1. The van der Waals surface area contributed by atoms with Gasteiger partial charge < -0.3 is 15.0 Å². The van der Waals surface area contributed by atoms with Gasteiger partial charge in [0.15, 0.2) is 0 Å². The average Bonchev–Trinajstić information content (AvgIpc) is 3.10. The topological polar surface area (TPSA) is 78.1 Å². The Hall–Kier alpha value is -2.62. The van der Waals surface area contributed by atoms with E-state index in [1.807, 2.05) is 47.0 Å². The Bertz CT molecular complexity index is 1120. The van der Waals surface area contributed by atoms with E-state index in [4.69, 9.17) is 0 Å². The lowest BCUT2D eigenvalue weighted by atomic mass is 9.86. The van der Waals surface area contributed by atoms with Crippen LogP contribution in [-0.4, -0.2) is 28.2 Å². The van der Waals surface area contributed by atoms with Crippen molar-refractivity contribution in [3.05, 3.63) is 69.8 Å². The summed E-state index contributed by atoms with van der Waals surface area (Å²) in [5.41, 5.74) is 3.12. The molecule has 30 heavy (non-hydrogen) atoms. The summed E-state index contributed by atoms with van der Waals surface area (Å²) in [6.07, 6.45) is 3.55. The average molecular weight is 466 g/mol. The molecular weight excluding hydrogens is 442 g/mol. The van der Waals surface area contributed by atoms with E-state index in [1.165, 1.54) is 0 Å². The van der Waals surface area contributed by atoms with Gasteiger partial charge in [0.1, 0.15) is 5.69 Å². The summed E-state index contributed by atoms with van der Waals surface area (Å²) in [5, 5.41) is 23.3. The smallest absolute Gasteiger partial charge is 0.267 e. The SMILES string of the molecule is N#Cc1ccc2c(c1)cc(C(=O)NC[C@@H]1CCCC[C@H]1O)n2Cc1cccc(Br)c1. The second-order valence-corrected chi connectivity index (χ2v) is 8.87. The molecule has 0 aliphatic heterocycles. The first-order chi connectivity index (χ1) is 14.5. The van der Waals surface area contributed by atoms with Gasteiger partial charge in [0.25, 0.3) is 5.91 Å². The highest BCUT2D eigenvalue weighted by Gasteiger charge is 2.24. The number of hydrogen-bond donors (Lipinski definition) is 2. The molecule has 0 spiro atoms. The van der Waals surface area contributed by atoms with E-state index in [1.54, 1.807) is 6.07 Å². The fourth-order valence-corrected chi connectivity index (χ4v) is 4.70. The molecular formula is C24H24BrN3O2. The maximum atomic E-state index is 13.1. The molecule has 1 fully saturated rings. The van der Waals surface area contributed by atoms with Crippen molar-refractivity contribution in [3.8, 4) is 6.07 Å². The number of carbonyl (C=O) groups is 1. The predicted octanol–water partition coefficient (Wildman–Crippen LogP) is 4.60. The van der Waals surface area contributed by atoms with E-state index in [-0.39, 0.29) is 17.9 Å². The molecule has 3 aromatic rings. The van der Waals surface area contributed by atoms with Gasteiger partial charge in [-0.1, -0.05) is 40.9 Å². The van der Waals surface area contributed by atoms with E-state index < -0.39 is 0 Å². The van der Waals surface area contributed by atoms with Gasteiger partial charge in [-0.2, -0.15) is 5.26 Å². The van der Waals surface area contributed by atoms with Crippen molar-refractivity contribution in [3.63, 3.8) is 0 Å². The minimum Gasteiger partial charge on any atom is -0.393 e. The Morgan fingerprint density at radius 2 is 2.03 bits per heavy atom. The third-order valence-corrected chi connectivity index (χ3v) is 6.38. The van der Waals surface area contributed by atoms with E-state index in [9.17, 15) is 15.2 Å². The van der Waals surface area contributed by atoms with Gasteiger partial charge in [-0.05, 0) is 54.8 Å². The Morgan fingerprint density at radius 3 is 2.80 bits per heavy atom. The molecule has 1 aliphatic rings. The zero-order valence-corrected chi connectivity index (χ0v) is 18.2. The molecule has 1 heterocycles. The van der Waals surface area contributed by atoms with Crippen LogP contribution in [-0.2, 0) is 6.54 Å². The van der Waals surface area contributed by atoms with Crippen molar-refractivity contribution in [1.29, 1.82) is 5.26 Å². The molecule has 1 aromatic heterocycles. The minimum absolute atomic E-state index is 0.107. The number of nitriles is 1. The first-order valence-electron chi connectivity index (χ1n) is 10.3.